The smallest absolute Gasteiger partial charge is 0.226 e. The van der Waals surface area contributed by atoms with Crippen molar-refractivity contribution in [3.63, 3.8) is 0 Å². The van der Waals surface area contributed by atoms with Crippen molar-refractivity contribution in [1.82, 2.24) is 0 Å². The zero-order valence-electron chi connectivity index (χ0n) is 10.2. The van der Waals surface area contributed by atoms with Crippen LogP contribution in [0, 0.1) is 0 Å². The Kier molecular flexibility index (Phi) is 3.25. The standard InChI is InChI=1S/C15H12N2OS/c18-16-13(12-6-2-1-3-7-12)10-17-11-19-15-9-5-4-8-14(15)17/h1-9,11H,10H2/p+1. The van der Waals surface area contributed by atoms with Gasteiger partial charge in [-0.05, 0) is 6.07 Å². The molecule has 1 aromatic heterocycles. The first-order chi connectivity index (χ1) is 9.38. The van der Waals surface area contributed by atoms with E-state index in [2.05, 4.69) is 27.4 Å². The molecule has 4 heteroatoms. The predicted molar refractivity (Wildman–Crippen MR) is 76.8 cm³/mol. The van der Waals surface area contributed by atoms with Gasteiger partial charge >= 0.3 is 0 Å². The molecule has 0 fully saturated rings. The van der Waals surface area contributed by atoms with Crippen molar-refractivity contribution >= 4 is 27.3 Å². The molecule has 0 radical (unpaired) electrons. The van der Waals surface area contributed by atoms with E-state index in [1.807, 2.05) is 42.5 Å². The second-order valence-corrected chi connectivity index (χ2v) is 5.12. The molecule has 0 atom stereocenters. The number of aromatic nitrogens is 1. The number of rotatable bonds is 3. The normalized spacial score (nSPS) is 11.9. The van der Waals surface area contributed by atoms with Crippen LogP contribution in [0.25, 0.3) is 10.2 Å². The summed E-state index contributed by atoms with van der Waals surface area (Å²) in [5, 5.41) is 12.7. The molecule has 0 amide bonds. The molecule has 3 aromatic rings. The first-order valence-corrected chi connectivity index (χ1v) is 6.88. The minimum Gasteiger partial charge on any atom is -0.410 e. The Hall–Kier alpha value is -2.20. The van der Waals surface area contributed by atoms with Crippen LogP contribution in [-0.2, 0) is 6.54 Å². The molecule has 0 aliphatic heterocycles. The van der Waals surface area contributed by atoms with E-state index in [4.69, 9.17) is 0 Å². The average molecular weight is 269 g/mol. The van der Waals surface area contributed by atoms with Crippen molar-refractivity contribution in [2.24, 2.45) is 5.16 Å². The van der Waals surface area contributed by atoms with Crippen LogP contribution >= 0.6 is 11.3 Å². The summed E-state index contributed by atoms with van der Waals surface area (Å²) >= 11 is 1.69. The minimum atomic E-state index is 0.560. The van der Waals surface area contributed by atoms with Gasteiger partial charge in [-0.1, -0.05) is 59.0 Å². The fourth-order valence-electron chi connectivity index (χ4n) is 2.07. The second kappa shape index (κ2) is 5.20. The number of benzene rings is 2. The van der Waals surface area contributed by atoms with Gasteiger partial charge in [-0.2, -0.15) is 4.57 Å². The van der Waals surface area contributed by atoms with Crippen LogP contribution in [0.5, 0.6) is 0 Å². The van der Waals surface area contributed by atoms with E-state index in [0.29, 0.717) is 12.3 Å². The molecule has 1 heterocycles. The van der Waals surface area contributed by atoms with Crippen LogP contribution in [-0.4, -0.2) is 10.9 Å². The van der Waals surface area contributed by atoms with Crippen LogP contribution < -0.4 is 4.57 Å². The van der Waals surface area contributed by atoms with Gasteiger partial charge in [0.05, 0.1) is 0 Å². The molecule has 0 unspecified atom stereocenters. The van der Waals surface area contributed by atoms with Crippen LogP contribution in [0.4, 0.5) is 0 Å². The van der Waals surface area contributed by atoms with Crippen molar-refractivity contribution in [2.45, 2.75) is 6.54 Å². The molecule has 19 heavy (non-hydrogen) atoms. The maximum absolute atomic E-state index is 9.23. The van der Waals surface area contributed by atoms with Gasteiger partial charge < -0.3 is 5.21 Å². The van der Waals surface area contributed by atoms with Gasteiger partial charge in [-0.15, -0.1) is 0 Å². The summed E-state index contributed by atoms with van der Waals surface area (Å²) in [6.45, 7) is 0.560. The maximum Gasteiger partial charge on any atom is 0.226 e. The summed E-state index contributed by atoms with van der Waals surface area (Å²) in [7, 11) is 0. The first kappa shape index (κ1) is 11.9. The van der Waals surface area contributed by atoms with E-state index in [9.17, 15) is 5.21 Å². The van der Waals surface area contributed by atoms with Crippen LogP contribution in [0.2, 0.25) is 0 Å². The van der Waals surface area contributed by atoms with E-state index in [-0.39, 0.29) is 0 Å². The van der Waals surface area contributed by atoms with Crippen molar-refractivity contribution in [1.29, 1.82) is 0 Å². The molecule has 2 aromatic carbocycles. The Balaban J connectivity index is 1.96. The molecule has 0 saturated carbocycles. The third-order valence-electron chi connectivity index (χ3n) is 3.03. The lowest BCUT2D eigenvalue weighted by atomic mass is 10.1. The maximum atomic E-state index is 9.23. The summed E-state index contributed by atoms with van der Waals surface area (Å²) in [6.07, 6.45) is 0. The molecule has 0 saturated heterocycles. The highest BCUT2D eigenvalue weighted by Crippen LogP contribution is 2.15. The Labute approximate surface area is 115 Å². The zero-order valence-corrected chi connectivity index (χ0v) is 11.0. The molecule has 0 aliphatic carbocycles. The molecule has 94 valence electrons. The highest BCUT2D eigenvalue weighted by atomic mass is 32.1. The number of para-hydroxylation sites is 1. The molecule has 1 N–H and O–H groups in total. The van der Waals surface area contributed by atoms with Crippen molar-refractivity contribution < 1.29 is 9.77 Å². The molecule has 0 bridgehead atoms. The van der Waals surface area contributed by atoms with Gasteiger partial charge in [0.15, 0.2) is 12.3 Å². The SMILES string of the molecule is ON=C(C[n+]1csc2ccccc21)c1ccccc1. The van der Waals surface area contributed by atoms with Crippen LogP contribution in [0.3, 0.4) is 0 Å². The minimum absolute atomic E-state index is 0.560. The summed E-state index contributed by atoms with van der Waals surface area (Å²) in [4.78, 5) is 0. The first-order valence-electron chi connectivity index (χ1n) is 6.00. The molecule has 3 rings (SSSR count). The third kappa shape index (κ3) is 2.35. The van der Waals surface area contributed by atoms with E-state index in [1.165, 1.54) is 4.70 Å². The third-order valence-corrected chi connectivity index (χ3v) is 3.99. The lowest BCUT2D eigenvalue weighted by Gasteiger charge is -2.00. The van der Waals surface area contributed by atoms with Crippen molar-refractivity contribution in [2.75, 3.05) is 0 Å². The number of hydrogen-bond donors (Lipinski definition) is 1. The second-order valence-electron chi connectivity index (χ2n) is 4.23. The fraction of sp³-hybridized carbons (Fsp3) is 0.0667. The van der Waals surface area contributed by atoms with E-state index < -0.39 is 0 Å². The van der Waals surface area contributed by atoms with Gasteiger partial charge in [-0.25, -0.2) is 0 Å². The highest BCUT2D eigenvalue weighted by molar-refractivity contribution is 7.16. The molecule has 0 aliphatic rings. The molecule has 0 spiro atoms. The Morgan fingerprint density at radius 3 is 2.58 bits per heavy atom. The lowest BCUT2D eigenvalue weighted by Crippen LogP contribution is -2.36. The van der Waals surface area contributed by atoms with E-state index in [1.54, 1.807) is 11.3 Å². The Bertz CT molecular complexity index is 719. The number of hydrogen-bond acceptors (Lipinski definition) is 3. The summed E-state index contributed by atoms with van der Waals surface area (Å²) in [5.41, 5.74) is 4.81. The van der Waals surface area contributed by atoms with Gasteiger partial charge in [0.25, 0.3) is 0 Å². The molecular weight excluding hydrogens is 256 g/mol. The largest absolute Gasteiger partial charge is 0.410 e. The van der Waals surface area contributed by atoms with Gasteiger partial charge in [0.1, 0.15) is 4.70 Å². The summed E-state index contributed by atoms with van der Waals surface area (Å²) in [6, 6.07) is 17.9. The van der Waals surface area contributed by atoms with Crippen molar-refractivity contribution in [3.8, 4) is 0 Å². The topological polar surface area (TPSA) is 36.5 Å². The molecular formula is C15H13N2OS+. The van der Waals surface area contributed by atoms with Gasteiger partial charge in [0.2, 0.25) is 11.0 Å². The quantitative estimate of drug-likeness (QED) is 0.337. The number of thiazole rings is 1. The predicted octanol–water partition coefficient (Wildman–Crippen LogP) is 3.07. The van der Waals surface area contributed by atoms with Gasteiger partial charge in [-0.3, -0.25) is 0 Å². The monoisotopic (exact) mass is 269 g/mol. The summed E-state index contributed by atoms with van der Waals surface area (Å²) < 4.78 is 3.33. The average Bonchev–Trinajstić information content (AvgIpc) is 2.89. The number of fused-ring (bicyclic) bond motifs is 1. The Morgan fingerprint density at radius 1 is 1.05 bits per heavy atom. The van der Waals surface area contributed by atoms with E-state index in [0.717, 1.165) is 11.1 Å². The highest BCUT2D eigenvalue weighted by Gasteiger charge is 2.15. The molecule has 3 nitrogen and oxygen atoms in total. The van der Waals surface area contributed by atoms with Crippen LogP contribution in [0.15, 0.2) is 65.3 Å². The number of oxime groups is 1. The fourth-order valence-corrected chi connectivity index (χ4v) is 2.96. The van der Waals surface area contributed by atoms with Crippen LogP contribution in [0.1, 0.15) is 5.56 Å². The van der Waals surface area contributed by atoms with Crippen molar-refractivity contribution in [3.05, 3.63) is 65.7 Å². The number of nitrogens with zero attached hydrogens (tertiary/aromatic N) is 2. The zero-order chi connectivity index (χ0) is 13.1. The lowest BCUT2D eigenvalue weighted by molar-refractivity contribution is -0.651. The van der Waals surface area contributed by atoms with Gasteiger partial charge in [0, 0.05) is 11.6 Å². The Morgan fingerprint density at radius 2 is 1.79 bits per heavy atom. The summed E-state index contributed by atoms with van der Waals surface area (Å²) in [5.74, 6) is 0. The van der Waals surface area contributed by atoms with E-state index >= 15 is 0 Å².